The Kier molecular flexibility index (Phi) is 5.77. The molecule has 17 heavy (non-hydrogen) atoms. The molecule has 0 aromatic carbocycles. The Bertz CT molecular complexity index is 318. The van der Waals surface area contributed by atoms with Crippen molar-refractivity contribution in [2.75, 3.05) is 11.0 Å². The van der Waals surface area contributed by atoms with Gasteiger partial charge in [-0.2, -0.15) is 5.10 Å². The van der Waals surface area contributed by atoms with E-state index in [-0.39, 0.29) is 0 Å². The molecule has 1 aromatic heterocycles. The predicted molar refractivity (Wildman–Crippen MR) is 79.6 cm³/mol. The fraction of sp³-hybridized carbons (Fsp3) is 0.769. The van der Waals surface area contributed by atoms with Crippen molar-refractivity contribution in [1.29, 1.82) is 0 Å². The second-order valence-electron chi connectivity index (χ2n) is 4.80. The van der Waals surface area contributed by atoms with Crippen LogP contribution in [0, 0.1) is 0 Å². The van der Waals surface area contributed by atoms with Gasteiger partial charge in [0.2, 0.25) is 0 Å². The van der Waals surface area contributed by atoms with Gasteiger partial charge in [-0.1, -0.05) is 41.9 Å². The first-order chi connectivity index (χ1) is 8.40. The van der Waals surface area contributed by atoms with Crippen LogP contribution in [0.25, 0.3) is 0 Å². The van der Waals surface area contributed by atoms with Crippen LogP contribution in [0.2, 0.25) is 0 Å². The monoisotopic (exact) mass is 347 g/mol. The first kappa shape index (κ1) is 13.3. The first-order valence-electron chi connectivity index (χ1n) is 6.71. The molecule has 1 saturated carbocycles. The zero-order valence-corrected chi connectivity index (χ0v) is 12.5. The number of nitrogens with one attached hydrogen (secondary N) is 1. The standard InChI is InChI=1S/C13H22IN3/c14-8-4-9-15-11-12-7-10-17(16-12)13-5-2-1-3-6-13/h7,10,13,15H,1-6,8-9,11H2. The van der Waals surface area contributed by atoms with Crippen LogP contribution < -0.4 is 5.32 Å². The third-order valence-electron chi connectivity index (χ3n) is 3.41. The Morgan fingerprint density at radius 1 is 1.35 bits per heavy atom. The van der Waals surface area contributed by atoms with Gasteiger partial charge < -0.3 is 5.32 Å². The third kappa shape index (κ3) is 4.25. The Morgan fingerprint density at radius 3 is 2.94 bits per heavy atom. The summed E-state index contributed by atoms with van der Waals surface area (Å²) in [7, 11) is 0. The van der Waals surface area contributed by atoms with Crippen LogP contribution in [-0.4, -0.2) is 20.8 Å². The molecule has 4 heteroatoms. The van der Waals surface area contributed by atoms with Crippen LogP contribution >= 0.6 is 22.6 Å². The van der Waals surface area contributed by atoms with Gasteiger partial charge in [0.1, 0.15) is 0 Å². The maximum atomic E-state index is 4.68. The smallest absolute Gasteiger partial charge is 0.0762 e. The molecule has 2 rings (SSSR count). The van der Waals surface area contributed by atoms with Gasteiger partial charge in [-0.15, -0.1) is 0 Å². The Labute approximate surface area is 117 Å². The van der Waals surface area contributed by atoms with Crippen LogP contribution in [0.15, 0.2) is 12.3 Å². The number of nitrogens with zero attached hydrogens (tertiary/aromatic N) is 2. The zero-order chi connectivity index (χ0) is 11.9. The number of rotatable bonds is 6. The lowest BCUT2D eigenvalue weighted by Crippen LogP contribution is -2.17. The van der Waals surface area contributed by atoms with Crippen LogP contribution in [0.4, 0.5) is 0 Å². The minimum atomic E-state index is 0.659. The lowest BCUT2D eigenvalue weighted by molar-refractivity contribution is 0.327. The van der Waals surface area contributed by atoms with Crippen molar-refractivity contribution in [3.63, 3.8) is 0 Å². The van der Waals surface area contributed by atoms with E-state index in [0.29, 0.717) is 6.04 Å². The van der Waals surface area contributed by atoms with Crippen LogP contribution in [0.3, 0.4) is 0 Å². The van der Waals surface area contributed by atoms with Crippen LogP contribution in [0.1, 0.15) is 50.3 Å². The van der Waals surface area contributed by atoms with Gasteiger partial charge in [-0.3, -0.25) is 4.68 Å². The van der Waals surface area contributed by atoms with Crippen molar-refractivity contribution in [2.24, 2.45) is 0 Å². The minimum absolute atomic E-state index is 0.659. The molecule has 0 spiro atoms. The summed E-state index contributed by atoms with van der Waals surface area (Å²) in [5.74, 6) is 0. The first-order valence-corrected chi connectivity index (χ1v) is 8.23. The maximum absolute atomic E-state index is 4.68. The van der Waals surface area contributed by atoms with Gasteiger partial charge in [0.25, 0.3) is 0 Å². The van der Waals surface area contributed by atoms with E-state index in [2.05, 4.69) is 50.0 Å². The van der Waals surface area contributed by atoms with E-state index < -0.39 is 0 Å². The zero-order valence-electron chi connectivity index (χ0n) is 10.4. The summed E-state index contributed by atoms with van der Waals surface area (Å²) in [4.78, 5) is 0. The van der Waals surface area contributed by atoms with Crippen molar-refractivity contribution < 1.29 is 0 Å². The maximum Gasteiger partial charge on any atom is 0.0762 e. The lowest BCUT2D eigenvalue weighted by Gasteiger charge is -2.21. The van der Waals surface area contributed by atoms with Gasteiger partial charge in [-0.05, 0) is 31.9 Å². The fourth-order valence-electron chi connectivity index (χ4n) is 2.43. The summed E-state index contributed by atoms with van der Waals surface area (Å²) in [6.45, 7) is 2.01. The van der Waals surface area contributed by atoms with Gasteiger partial charge in [0.15, 0.2) is 0 Å². The summed E-state index contributed by atoms with van der Waals surface area (Å²) in [5.41, 5.74) is 1.18. The van der Waals surface area contributed by atoms with Crippen LogP contribution in [-0.2, 0) is 6.54 Å². The van der Waals surface area contributed by atoms with Gasteiger partial charge in [0, 0.05) is 17.2 Å². The molecule has 0 aliphatic heterocycles. The van der Waals surface area contributed by atoms with Crippen molar-refractivity contribution >= 4 is 22.6 Å². The van der Waals surface area contributed by atoms with E-state index in [9.17, 15) is 0 Å². The SMILES string of the molecule is ICCCNCc1ccn(C2CCCCC2)n1. The quantitative estimate of drug-likeness (QED) is 0.486. The third-order valence-corrected chi connectivity index (χ3v) is 4.17. The molecule has 1 heterocycles. The molecule has 0 saturated heterocycles. The molecule has 1 N–H and O–H groups in total. The fourth-order valence-corrected chi connectivity index (χ4v) is 2.81. The number of alkyl halides is 1. The molecule has 1 aliphatic rings. The lowest BCUT2D eigenvalue weighted by atomic mass is 9.96. The Balaban J connectivity index is 1.78. The summed E-state index contributed by atoms with van der Waals surface area (Å²) >= 11 is 2.42. The summed E-state index contributed by atoms with van der Waals surface area (Å²) in [6.07, 6.45) is 10.2. The van der Waals surface area contributed by atoms with E-state index in [1.807, 2.05) is 0 Å². The minimum Gasteiger partial charge on any atom is -0.311 e. The normalized spacial score (nSPS) is 17.5. The van der Waals surface area contributed by atoms with E-state index in [1.165, 1.54) is 48.6 Å². The molecule has 1 aliphatic carbocycles. The number of hydrogen-bond donors (Lipinski definition) is 1. The van der Waals surface area contributed by atoms with E-state index in [1.54, 1.807) is 0 Å². The predicted octanol–water partition coefficient (Wildman–Crippen LogP) is 3.30. The average Bonchev–Trinajstić information content (AvgIpc) is 2.85. The topological polar surface area (TPSA) is 29.9 Å². The Morgan fingerprint density at radius 2 is 2.18 bits per heavy atom. The summed E-state index contributed by atoms with van der Waals surface area (Å²) in [6, 6.07) is 2.82. The molecular weight excluding hydrogens is 325 g/mol. The van der Waals surface area contributed by atoms with Gasteiger partial charge >= 0.3 is 0 Å². The van der Waals surface area contributed by atoms with E-state index in [0.717, 1.165) is 13.1 Å². The summed E-state index contributed by atoms with van der Waals surface area (Å²) in [5, 5.41) is 8.12. The molecule has 1 fully saturated rings. The molecule has 0 unspecified atom stereocenters. The molecule has 0 amide bonds. The van der Waals surface area contributed by atoms with Crippen molar-refractivity contribution in [1.82, 2.24) is 15.1 Å². The average molecular weight is 347 g/mol. The van der Waals surface area contributed by atoms with Gasteiger partial charge in [-0.25, -0.2) is 0 Å². The van der Waals surface area contributed by atoms with E-state index in [4.69, 9.17) is 0 Å². The van der Waals surface area contributed by atoms with Gasteiger partial charge in [0.05, 0.1) is 11.7 Å². The molecule has 0 radical (unpaired) electrons. The number of aromatic nitrogens is 2. The van der Waals surface area contributed by atoms with Crippen molar-refractivity contribution in [3.8, 4) is 0 Å². The highest BCUT2D eigenvalue weighted by Gasteiger charge is 2.15. The van der Waals surface area contributed by atoms with E-state index >= 15 is 0 Å². The summed E-state index contributed by atoms with van der Waals surface area (Å²) < 4.78 is 3.41. The second kappa shape index (κ2) is 7.36. The largest absolute Gasteiger partial charge is 0.311 e. The second-order valence-corrected chi connectivity index (χ2v) is 5.88. The molecule has 96 valence electrons. The Hall–Kier alpha value is -0.100. The molecule has 0 bridgehead atoms. The van der Waals surface area contributed by atoms with Crippen molar-refractivity contribution in [3.05, 3.63) is 18.0 Å². The van der Waals surface area contributed by atoms with Crippen LogP contribution in [0.5, 0.6) is 0 Å². The highest BCUT2D eigenvalue weighted by molar-refractivity contribution is 14.1. The molecule has 3 nitrogen and oxygen atoms in total. The number of hydrogen-bond acceptors (Lipinski definition) is 2. The molecule has 0 atom stereocenters. The highest BCUT2D eigenvalue weighted by atomic mass is 127. The number of halogens is 1. The van der Waals surface area contributed by atoms with Crippen molar-refractivity contribution in [2.45, 2.75) is 51.1 Å². The molecular formula is C13H22IN3. The molecule has 1 aromatic rings. The highest BCUT2D eigenvalue weighted by Crippen LogP contribution is 2.27.